The smallest absolute Gasteiger partial charge is 0.271 e. The maximum Gasteiger partial charge on any atom is 0.271 e. The van der Waals surface area contributed by atoms with Gasteiger partial charge in [-0.2, -0.15) is 0 Å². The fraction of sp³-hybridized carbons (Fsp3) is 0.188. The second kappa shape index (κ2) is 6.26. The van der Waals surface area contributed by atoms with Crippen LogP contribution in [0.25, 0.3) is 0 Å². The van der Waals surface area contributed by atoms with Crippen molar-refractivity contribution in [1.29, 1.82) is 0 Å². The van der Waals surface area contributed by atoms with E-state index in [9.17, 15) is 14.9 Å². The molecule has 6 heteroatoms. The zero-order valence-electron chi connectivity index (χ0n) is 12.5. The number of benzene rings is 2. The van der Waals surface area contributed by atoms with E-state index in [4.69, 9.17) is 4.74 Å². The van der Waals surface area contributed by atoms with E-state index in [1.54, 1.807) is 38.3 Å². The fourth-order valence-corrected chi connectivity index (χ4v) is 2.07. The molecule has 114 valence electrons. The van der Waals surface area contributed by atoms with Gasteiger partial charge in [0.05, 0.1) is 17.7 Å². The lowest BCUT2D eigenvalue weighted by molar-refractivity contribution is -0.384. The number of nitro groups is 1. The standard InChI is InChI=1S/C16H16N2O4/c1-10-4-6-13(18(20)21)9-14(10)17-16(19)12-5-7-15(22-3)11(2)8-12/h4-9H,1-3H3,(H,17,19). The molecule has 2 aromatic carbocycles. The maximum absolute atomic E-state index is 12.3. The number of hydrogen-bond acceptors (Lipinski definition) is 4. The first kappa shape index (κ1) is 15.5. The summed E-state index contributed by atoms with van der Waals surface area (Å²) in [6, 6.07) is 9.43. The van der Waals surface area contributed by atoms with Crippen molar-refractivity contribution in [2.24, 2.45) is 0 Å². The van der Waals surface area contributed by atoms with Gasteiger partial charge in [-0.3, -0.25) is 14.9 Å². The molecule has 2 rings (SSSR count). The summed E-state index contributed by atoms with van der Waals surface area (Å²) in [5, 5.41) is 13.5. The number of rotatable bonds is 4. The lowest BCUT2D eigenvalue weighted by Crippen LogP contribution is -2.13. The van der Waals surface area contributed by atoms with Crippen LogP contribution in [0.15, 0.2) is 36.4 Å². The van der Waals surface area contributed by atoms with Crippen LogP contribution in [-0.4, -0.2) is 17.9 Å². The number of hydrogen-bond donors (Lipinski definition) is 1. The molecule has 2 aromatic rings. The Bertz CT molecular complexity index is 741. The second-order valence-corrected chi connectivity index (χ2v) is 4.89. The number of nitro benzene ring substituents is 1. The highest BCUT2D eigenvalue weighted by atomic mass is 16.6. The number of carbonyl (C=O) groups is 1. The largest absolute Gasteiger partial charge is 0.496 e. The van der Waals surface area contributed by atoms with Gasteiger partial charge in [-0.1, -0.05) is 6.07 Å². The number of non-ortho nitro benzene ring substituents is 1. The topological polar surface area (TPSA) is 81.5 Å². The molecule has 0 radical (unpaired) electrons. The van der Waals surface area contributed by atoms with E-state index in [0.29, 0.717) is 17.0 Å². The molecule has 0 saturated heterocycles. The summed E-state index contributed by atoms with van der Waals surface area (Å²) < 4.78 is 5.15. The second-order valence-electron chi connectivity index (χ2n) is 4.89. The van der Waals surface area contributed by atoms with Crippen LogP contribution in [0.1, 0.15) is 21.5 Å². The Kier molecular flexibility index (Phi) is 4.41. The van der Waals surface area contributed by atoms with Gasteiger partial charge in [-0.15, -0.1) is 0 Å². The normalized spacial score (nSPS) is 10.1. The van der Waals surface area contributed by atoms with Crippen molar-refractivity contribution < 1.29 is 14.5 Å². The zero-order chi connectivity index (χ0) is 16.3. The third kappa shape index (κ3) is 3.22. The Labute approximate surface area is 127 Å². The number of anilines is 1. The molecule has 22 heavy (non-hydrogen) atoms. The van der Waals surface area contributed by atoms with E-state index in [-0.39, 0.29) is 11.6 Å². The molecule has 1 N–H and O–H groups in total. The van der Waals surface area contributed by atoms with Crippen LogP contribution in [0.2, 0.25) is 0 Å². The van der Waals surface area contributed by atoms with Crippen molar-refractivity contribution >= 4 is 17.3 Å². The summed E-state index contributed by atoms with van der Waals surface area (Å²) in [6.45, 7) is 3.62. The van der Waals surface area contributed by atoms with Crippen LogP contribution in [0.5, 0.6) is 5.75 Å². The van der Waals surface area contributed by atoms with E-state index >= 15 is 0 Å². The van der Waals surface area contributed by atoms with Crippen LogP contribution in [0.4, 0.5) is 11.4 Å². The van der Waals surface area contributed by atoms with Gasteiger partial charge in [-0.05, 0) is 43.2 Å². The van der Waals surface area contributed by atoms with Crippen molar-refractivity contribution in [3.63, 3.8) is 0 Å². The molecule has 0 unspecified atom stereocenters. The van der Waals surface area contributed by atoms with Crippen molar-refractivity contribution in [3.8, 4) is 5.75 Å². The molecular weight excluding hydrogens is 284 g/mol. The number of nitrogens with one attached hydrogen (secondary N) is 1. The molecule has 0 atom stereocenters. The molecule has 6 nitrogen and oxygen atoms in total. The number of ether oxygens (including phenoxy) is 1. The fourth-order valence-electron chi connectivity index (χ4n) is 2.07. The van der Waals surface area contributed by atoms with Crippen LogP contribution in [0.3, 0.4) is 0 Å². The summed E-state index contributed by atoms with van der Waals surface area (Å²) >= 11 is 0. The van der Waals surface area contributed by atoms with E-state index in [2.05, 4.69) is 5.32 Å². The average molecular weight is 300 g/mol. The first-order chi connectivity index (χ1) is 10.4. The first-order valence-electron chi connectivity index (χ1n) is 6.63. The van der Waals surface area contributed by atoms with Gasteiger partial charge in [0.1, 0.15) is 5.75 Å². The monoisotopic (exact) mass is 300 g/mol. The Morgan fingerprint density at radius 1 is 1.14 bits per heavy atom. The lowest BCUT2D eigenvalue weighted by atomic mass is 10.1. The number of methoxy groups -OCH3 is 1. The Morgan fingerprint density at radius 3 is 2.45 bits per heavy atom. The summed E-state index contributed by atoms with van der Waals surface area (Å²) in [7, 11) is 1.56. The Hall–Kier alpha value is -2.89. The van der Waals surface area contributed by atoms with E-state index in [0.717, 1.165) is 11.1 Å². The Balaban J connectivity index is 2.27. The number of nitrogens with zero attached hydrogens (tertiary/aromatic N) is 1. The summed E-state index contributed by atoms with van der Waals surface area (Å²) in [4.78, 5) is 22.6. The number of aryl methyl sites for hydroxylation is 2. The molecule has 0 aliphatic heterocycles. The van der Waals surface area contributed by atoms with Gasteiger partial charge in [0.2, 0.25) is 0 Å². The SMILES string of the molecule is COc1ccc(C(=O)Nc2cc([N+](=O)[O-])ccc2C)cc1C. The molecule has 0 aliphatic carbocycles. The molecule has 0 aromatic heterocycles. The quantitative estimate of drug-likeness (QED) is 0.692. The van der Waals surface area contributed by atoms with Gasteiger partial charge >= 0.3 is 0 Å². The predicted octanol–water partition coefficient (Wildman–Crippen LogP) is 3.47. The van der Waals surface area contributed by atoms with Gasteiger partial charge in [0, 0.05) is 17.7 Å². The summed E-state index contributed by atoms with van der Waals surface area (Å²) in [5.74, 6) is 0.373. The highest BCUT2D eigenvalue weighted by Gasteiger charge is 2.13. The summed E-state index contributed by atoms with van der Waals surface area (Å²) in [5.41, 5.74) is 2.42. The van der Waals surface area contributed by atoms with Crippen LogP contribution in [0, 0.1) is 24.0 Å². The molecular formula is C16H16N2O4. The minimum absolute atomic E-state index is 0.0631. The third-order valence-electron chi connectivity index (χ3n) is 3.34. The van der Waals surface area contributed by atoms with E-state index in [1.165, 1.54) is 12.1 Å². The van der Waals surface area contributed by atoms with Crippen molar-refractivity contribution in [2.75, 3.05) is 12.4 Å². The first-order valence-corrected chi connectivity index (χ1v) is 6.63. The van der Waals surface area contributed by atoms with Crippen LogP contribution >= 0.6 is 0 Å². The van der Waals surface area contributed by atoms with Crippen molar-refractivity contribution in [2.45, 2.75) is 13.8 Å². The van der Waals surface area contributed by atoms with Crippen LogP contribution < -0.4 is 10.1 Å². The molecule has 0 fully saturated rings. The highest BCUT2D eigenvalue weighted by molar-refractivity contribution is 6.05. The highest BCUT2D eigenvalue weighted by Crippen LogP contribution is 2.23. The molecule has 0 saturated carbocycles. The Morgan fingerprint density at radius 2 is 1.86 bits per heavy atom. The van der Waals surface area contributed by atoms with E-state index < -0.39 is 4.92 Å². The van der Waals surface area contributed by atoms with Gasteiger partial charge in [0.15, 0.2) is 0 Å². The molecule has 0 aliphatic rings. The van der Waals surface area contributed by atoms with Crippen LogP contribution in [-0.2, 0) is 0 Å². The molecule has 0 heterocycles. The summed E-state index contributed by atoms with van der Waals surface area (Å²) in [6.07, 6.45) is 0. The number of amides is 1. The van der Waals surface area contributed by atoms with E-state index in [1.807, 2.05) is 6.92 Å². The molecule has 0 bridgehead atoms. The minimum atomic E-state index is -0.493. The molecule has 1 amide bonds. The zero-order valence-corrected chi connectivity index (χ0v) is 12.5. The predicted molar refractivity (Wildman–Crippen MR) is 83.5 cm³/mol. The lowest BCUT2D eigenvalue weighted by Gasteiger charge is -2.10. The minimum Gasteiger partial charge on any atom is -0.496 e. The van der Waals surface area contributed by atoms with Gasteiger partial charge in [-0.25, -0.2) is 0 Å². The number of carbonyl (C=O) groups excluding carboxylic acids is 1. The van der Waals surface area contributed by atoms with Gasteiger partial charge in [0.25, 0.3) is 11.6 Å². The van der Waals surface area contributed by atoms with Crippen molar-refractivity contribution in [3.05, 3.63) is 63.2 Å². The van der Waals surface area contributed by atoms with Crippen molar-refractivity contribution in [1.82, 2.24) is 0 Å². The maximum atomic E-state index is 12.3. The van der Waals surface area contributed by atoms with Gasteiger partial charge < -0.3 is 10.1 Å². The molecule has 0 spiro atoms. The average Bonchev–Trinajstić information content (AvgIpc) is 2.49. The third-order valence-corrected chi connectivity index (χ3v) is 3.34.